The first-order valence-electron chi connectivity index (χ1n) is 7.51. The first-order chi connectivity index (χ1) is 10.7. The molecule has 0 aliphatic carbocycles. The van der Waals surface area contributed by atoms with Crippen molar-refractivity contribution in [1.29, 1.82) is 0 Å². The summed E-state index contributed by atoms with van der Waals surface area (Å²) < 4.78 is 5.34. The van der Waals surface area contributed by atoms with E-state index < -0.39 is 10.5 Å². The van der Waals surface area contributed by atoms with Gasteiger partial charge in [-0.25, -0.2) is 9.78 Å². The van der Waals surface area contributed by atoms with E-state index in [1.54, 1.807) is 18.0 Å². The molecule has 1 aromatic heterocycles. The van der Waals surface area contributed by atoms with Crippen LogP contribution in [-0.2, 0) is 4.74 Å². The molecule has 1 amide bonds. The smallest absolute Gasteiger partial charge is 0.410 e. The van der Waals surface area contributed by atoms with Crippen molar-refractivity contribution >= 4 is 17.6 Å². The van der Waals surface area contributed by atoms with Crippen LogP contribution in [0, 0.1) is 17.0 Å². The van der Waals surface area contributed by atoms with Crippen molar-refractivity contribution in [2.75, 3.05) is 31.1 Å². The van der Waals surface area contributed by atoms with Gasteiger partial charge in [0.15, 0.2) is 0 Å². The second-order valence-corrected chi connectivity index (χ2v) is 6.57. The highest BCUT2D eigenvalue weighted by atomic mass is 16.6. The molecule has 0 radical (unpaired) electrons. The Morgan fingerprint density at radius 1 is 1.30 bits per heavy atom. The molecular formula is C15H22N4O4. The van der Waals surface area contributed by atoms with E-state index in [0.717, 1.165) is 5.56 Å². The lowest BCUT2D eigenvalue weighted by Gasteiger charge is -2.35. The van der Waals surface area contributed by atoms with Crippen LogP contribution in [0.1, 0.15) is 26.3 Å². The lowest BCUT2D eigenvalue weighted by Crippen LogP contribution is -2.50. The number of anilines is 1. The second kappa shape index (κ2) is 6.39. The molecule has 0 bridgehead atoms. The Balaban J connectivity index is 2.05. The zero-order valence-corrected chi connectivity index (χ0v) is 13.9. The van der Waals surface area contributed by atoms with Gasteiger partial charge in [-0.1, -0.05) is 0 Å². The van der Waals surface area contributed by atoms with Crippen LogP contribution >= 0.6 is 0 Å². The third-order valence-corrected chi connectivity index (χ3v) is 3.41. The first kappa shape index (κ1) is 17.0. The number of pyridine rings is 1. The number of hydrogen-bond acceptors (Lipinski definition) is 6. The Morgan fingerprint density at radius 2 is 1.91 bits per heavy atom. The predicted octanol–water partition coefficient (Wildman–Crippen LogP) is 2.36. The second-order valence-electron chi connectivity index (χ2n) is 6.57. The highest BCUT2D eigenvalue weighted by molar-refractivity contribution is 5.69. The van der Waals surface area contributed by atoms with Crippen LogP contribution < -0.4 is 4.90 Å². The van der Waals surface area contributed by atoms with E-state index in [4.69, 9.17) is 4.74 Å². The number of piperazine rings is 1. The normalized spacial score (nSPS) is 15.5. The van der Waals surface area contributed by atoms with E-state index in [1.807, 2.05) is 25.7 Å². The van der Waals surface area contributed by atoms with Gasteiger partial charge in [0, 0.05) is 38.4 Å². The standard InChI is InChI=1S/C15H22N4O4/c1-11-9-12(19(21)22)13(16-10-11)17-5-7-18(8-6-17)14(20)23-15(2,3)4/h9-10H,5-8H2,1-4H3. The summed E-state index contributed by atoms with van der Waals surface area (Å²) in [5.74, 6) is 0.351. The van der Waals surface area contributed by atoms with E-state index in [2.05, 4.69) is 4.98 Å². The summed E-state index contributed by atoms with van der Waals surface area (Å²) in [6.07, 6.45) is 1.26. The summed E-state index contributed by atoms with van der Waals surface area (Å²) in [4.78, 5) is 30.5. The molecule has 126 valence electrons. The molecule has 0 saturated carbocycles. The zero-order valence-electron chi connectivity index (χ0n) is 13.9. The van der Waals surface area contributed by atoms with Gasteiger partial charge in [0.25, 0.3) is 0 Å². The summed E-state index contributed by atoms with van der Waals surface area (Å²) in [6.45, 7) is 9.09. The minimum Gasteiger partial charge on any atom is -0.444 e. The quantitative estimate of drug-likeness (QED) is 0.613. The van der Waals surface area contributed by atoms with Gasteiger partial charge in [0.2, 0.25) is 5.82 Å². The minimum absolute atomic E-state index is 0.00396. The van der Waals surface area contributed by atoms with E-state index >= 15 is 0 Å². The Bertz CT molecular complexity index is 604. The van der Waals surface area contributed by atoms with Crippen LogP contribution in [0.4, 0.5) is 16.3 Å². The van der Waals surface area contributed by atoms with Gasteiger partial charge >= 0.3 is 11.8 Å². The third kappa shape index (κ3) is 4.30. The molecule has 1 fully saturated rings. The van der Waals surface area contributed by atoms with Crippen molar-refractivity contribution in [2.45, 2.75) is 33.3 Å². The minimum atomic E-state index is -0.536. The van der Waals surface area contributed by atoms with Crippen molar-refractivity contribution in [3.05, 3.63) is 27.9 Å². The van der Waals surface area contributed by atoms with Crippen LogP contribution in [-0.4, -0.2) is 52.7 Å². The maximum Gasteiger partial charge on any atom is 0.410 e. The predicted molar refractivity (Wildman–Crippen MR) is 85.6 cm³/mol. The molecule has 1 aliphatic heterocycles. The van der Waals surface area contributed by atoms with Gasteiger partial charge in [0.1, 0.15) is 5.60 Å². The summed E-state index contributed by atoms with van der Waals surface area (Å²) in [5.41, 5.74) is 0.203. The number of hydrogen-bond donors (Lipinski definition) is 0. The monoisotopic (exact) mass is 322 g/mol. The topological polar surface area (TPSA) is 88.8 Å². The molecule has 8 nitrogen and oxygen atoms in total. The van der Waals surface area contributed by atoms with Crippen molar-refractivity contribution in [3.8, 4) is 0 Å². The maximum atomic E-state index is 12.0. The molecule has 1 aliphatic rings. The number of nitrogens with zero attached hydrogens (tertiary/aromatic N) is 4. The summed E-state index contributed by atoms with van der Waals surface area (Å²) >= 11 is 0. The molecule has 23 heavy (non-hydrogen) atoms. The van der Waals surface area contributed by atoms with Gasteiger partial charge < -0.3 is 14.5 Å². The molecule has 1 saturated heterocycles. The fourth-order valence-electron chi connectivity index (χ4n) is 2.35. The Kier molecular flexibility index (Phi) is 4.72. The molecule has 2 rings (SSSR count). The van der Waals surface area contributed by atoms with Crippen molar-refractivity contribution in [3.63, 3.8) is 0 Å². The Hall–Kier alpha value is -2.38. The molecular weight excluding hydrogens is 300 g/mol. The van der Waals surface area contributed by atoms with Crippen LogP contribution in [0.3, 0.4) is 0 Å². The van der Waals surface area contributed by atoms with Crippen molar-refractivity contribution in [1.82, 2.24) is 9.88 Å². The Morgan fingerprint density at radius 3 is 2.43 bits per heavy atom. The van der Waals surface area contributed by atoms with Gasteiger partial charge in [-0.3, -0.25) is 10.1 Å². The van der Waals surface area contributed by atoms with Crippen molar-refractivity contribution in [2.24, 2.45) is 0 Å². The van der Waals surface area contributed by atoms with Gasteiger partial charge in [-0.15, -0.1) is 0 Å². The summed E-state index contributed by atoms with van der Waals surface area (Å²) in [7, 11) is 0. The molecule has 0 aromatic carbocycles. The molecule has 2 heterocycles. The fourth-order valence-corrected chi connectivity index (χ4v) is 2.35. The average Bonchev–Trinajstić information content (AvgIpc) is 2.45. The average molecular weight is 322 g/mol. The summed E-state index contributed by atoms with van der Waals surface area (Å²) in [5, 5.41) is 11.2. The highest BCUT2D eigenvalue weighted by Crippen LogP contribution is 2.27. The van der Waals surface area contributed by atoms with Crippen LogP contribution in [0.25, 0.3) is 0 Å². The summed E-state index contributed by atoms with van der Waals surface area (Å²) in [6, 6.07) is 1.52. The molecule has 0 unspecified atom stereocenters. The first-order valence-corrected chi connectivity index (χ1v) is 7.51. The number of nitro groups is 1. The largest absolute Gasteiger partial charge is 0.444 e. The number of ether oxygens (including phenoxy) is 1. The van der Waals surface area contributed by atoms with Gasteiger partial charge in [-0.2, -0.15) is 0 Å². The number of carbonyl (C=O) groups excluding carboxylic acids is 1. The lowest BCUT2D eigenvalue weighted by molar-refractivity contribution is -0.384. The SMILES string of the molecule is Cc1cnc(N2CCN(C(=O)OC(C)(C)C)CC2)c([N+](=O)[O-])c1. The van der Waals surface area contributed by atoms with Crippen LogP contribution in [0.2, 0.25) is 0 Å². The Labute approximate surface area is 135 Å². The maximum absolute atomic E-state index is 12.0. The number of rotatable bonds is 2. The van der Waals surface area contributed by atoms with Crippen molar-refractivity contribution < 1.29 is 14.5 Å². The molecule has 0 spiro atoms. The lowest BCUT2D eigenvalue weighted by atomic mass is 10.2. The molecule has 8 heteroatoms. The molecule has 0 atom stereocenters. The van der Waals surface area contributed by atoms with E-state index in [9.17, 15) is 14.9 Å². The van der Waals surface area contributed by atoms with Gasteiger partial charge in [0.05, 0.1) is 4.92 Å². The number of aromatic nitrogens is 1. The van der Waals surface area contributed by atoms with E-state index in [-0.39, 0.29) is 11.8 Å². The van der Waals surface area contributed by atoms with E-state index in [0.29, 0.717) is 32.0 Å². The third-order valence-electron chi connectivity index (χ3n) is 3.41. The van der Waals surface area contributed by atoms with E-state index in [1.165, 1.54) is 6.07 Å². The zero-order chi connectivity index (χ0) is 17.2. The fraction of sp³-hybridized carbons (Fsp3) is 0.600. The van der Waals surface area contributed by atoms with Crippen LogP contribution in [0.5, 0.6) is 0 Å². The number of amides is 1. The van der Waals surface area contributed by atoms with Gasteiger partial charge in [-0.05, 0) is 33.3 Å². The van der Waals surface area contributed by atoms with Crippen LogP contribution in [0.15, 0.2) is 12.3 Å². The highest BCUT2D eigenvalue weighted by Gasteiger charge is 2.29. The number of carbonyl (C=O) groups is 1. The molecule has 0 N–H and O–H groups in total. The number of aryl methyl sites for hydroxylation is 1. The molecule has 1 aromatic rings.